The Balaban J connectivity index is 1.32. The minimum atomic E-state index is -4.38. The Hall–Kier alpha value is -3.07. The summed E-state index contributed by atoms with van der Waals surface area (Å²) in [6.45, 7) is 0.861. The smallest absolute Gasteiger partial charge is 0.389 e. The number of rotatable bonds is 4. The number of fused-ring (bicyclic) bond motifs is 1. The second kappa shape index (κ2) is 7.88. The van der Waals surface area contributed by atoms with Crippen LogP contribution in [0.2, 0.25) is 0 Å². The zero-order valence-electron chi connectivity index (χ0n) is 16.6. The molecule has 164 valence electrons. The maximum atomic E-state index is 12.7. The average molecular weight is 433 g/mol. The third-order valence-corrected chi connectivity index (χ3v) is 5.76. The molecule has 2 amide bonds. The van der Waals surface area contributed by atoms with Crippen molar-refractivity contribution < 1.29 is 27.9 Å². The van der Waals surface area contributed by atoms with E-state index in [1.807, 2.05) is 4.90 Å². The molecular weight excluding hydrogens is 411 g/mol. The summed E-state index contributed by atoms with van der Waals surface area (Å²) in [7, 11) is 0. The molecule has 0 saturated carbocycles. The van der Waals surface area contributed by atoms with Crippen molar-refractivity contribution in [2.75, 3.05) is 28.6 Å². The van der Waals surface area contributed by atoms with E-state index < -0.39 is 17.3 Å². The molecule has 2 heterocycles. The number of hydrogen-bond acceptors (Lipinski definition) is 4. The van der Waals surface area contributed by atoms with E-state index in [0.717, 1.165) is 17.7 Å². The fourth-order valence-electron chi connectivity index (χ4n) is 4.02. The summed E-state index contributed by atoms with van der Waals surface area (Å²) in [6, 6.07) is 10.1. The number of hydrogen-bond donors (Lipinski definition) is 3. The molecule has 0 aliphatic carbocycles. The van der Waals surface area contributed by atoms with Crippen molar-refractivity contribution in [2.24, 2.45) is 0 Å². The Morgan fingerprint density at radius 2 is 1.81 bits per heavy atom. The number of alkyl halides is 3. The molecule has 31 heavy (non-hydrogen) atoms. The van der Waals surface area contributed by atoms with Gasteiger partial charge in [-0.15, -0.1) is 0 Å². The number of carbonyl (C=O) groups excluding carboxylic acids is 2. The lowest BCUT2D eigenvalue weighted by Crippen LogP contribution is -2.46. The van der Waals surface area contributed by atoms with E-state index in [0.29, 0.717) is 49.4 Å². The van der Waals surface area contributed by atoms with Crippen molar-refractivity contribution >= 4 is 28.9 Å². The average Bonchev–Trinajstić information content (AvgIpc) is 3.07. The highest BCUT2D eigenvalue weighted by Crippen LogP contribution is 2.33. The lowest BCUT2D eigenvalue weighted by molar-refractivity contribution is -0.137. The molecule has 0 bridgehead atoms. The van der Waals surface area contributed by atoms with Gasteiger partial charge in [-0.3, -0.25) is 9.59 Å². The molecule has 2 aromatic carbocycles. The quantitative estimate of drug-likeness (QED) is 0.689. The lowest BCUT2D eigenvalue weighted by Gasteiger charge is -2.39. The molecule has 2 aliphatic rings. The molecule has 1 fully saturated rings. The number of nitrogens with one attached hydrogen (secondary N) is 2. The number of anilines is 3. The number of halogens is 3. The highest BCUT2D eigenvalue weighted by molar-refractivity contribution is 6.00. The van der Waals surface area contributed by atoms with Crippen LogP contribution in [0.3, 0.4) is 0 Å². The zero-order valence-corrected chi connectivity index (χ0v) is 16.6. The van der Waals surface area contributed by atoms with Gasteiger partial charge < -0.3 is 20.6 Å². The summed E-state index contributed by atoms with van der Waals surface area (Å²) >= 11 is 0. The summed E-state index contributed by atoms with van der Waals surface area (Å²) in [6.07, 6.45) is -3.50. The molecule has 3 N–H and O–H groups in total. The van der Waals surface area contributed by atoms with E-state index in [-0.39, 0.29) is 18.2 Å². The van der Waals surface area contributed by atoms with Crippen LogP contribution in [0.15, 0.2) is 42.5 Å². The van der Waals surface area contributed by atoms with Gasteiger partial charge in [0.05, 0.1) is 24.0 Å². The summed E-state index contributed by atoms with van der Waals surface area (Å²) in [5.41, 5.74) is 0.852. The van der Waals surface area contributed by atoms with Crippen LogP contribution in [-0.2, 0) is 22.2 Å². The van der Waals surface area contributed by atoms with E-state index >= 15 is 0 Å². The van der Waals surface area contributed by atoms with E-state index in [1.165, 1.54) is 12.1 Å². The first-order valence-corrected chi connectivity index (χ1v) is 9.99. The van der Waals surface area contributed by atoms with Gasteiger partial charge in [-0.2, -0.15) is 13.2 Å². The Morgan fingerprint density at radius 3 is 2.45 bits per heavy atom. The second-order valence-corrected chi connectivity index (χ2v) is 8.08. The van der Waals surface area contributed by atoms with Crippen LogP contribution in [0.4, 0.5) is 30.2 Å². The minimum absolute atomic E-state index is 0.0860. The topological polar surface area (TPSA) is 81.7 Å². The maximum Gasteiger partial charge on any atom is 0.416 e. The molecule has 0 aromatic heterocycles. The largest absolute Gasteiger partial charge is 0.416 e. The standard InChI is InChI=1S/C22H22F3N3O3/c23-22(24,25)15-2-5-17(6-3-15)28-9-7-21(31,8-10-28)13-20(30)26-16-4-1-14-11-19(29)27-18(14)12-16/h1-6,12,31H,7-11,13H2,(H,26,30)(H,27,29). The Bertz CT molecular complexity index is 997. The summed E-state index contributed by atoms with van der Waals surface area (Å²) in [5.74, 6) is -0.428. The first-order chi connectivity index (χ1) is 14.6. The van der Waals surface area contributed by atoms with E-state index in [4.69, 9.17) is 0 Å². The van der Waals surface area contributed by atoms with Gasteiger partial charge in [0.25, 0.3) is 0 Å². The van der Waals surface area contributed by atoms with Crippen molar-refractivity contribution in [3.05, 3.63) is 53.6 Å². The molecule has 2 aliphatic heterocycles. The van der Waals surface area contributed by atoms with Gasteiger partial charge in [-0.05, 0) is 54.8 Å². The van der Waals surface area contributed by atoms with Crippen molar-refractivity contribution in [3.8, 4) is 0 Å². The van der Waals surface area contributed by atoms with Crippen LogP contribution in [0.1, 0.15) is 30.4 Å². The molecule has 0 radical (unpaired) electrons. The van der Waals surface area contributed by atoms with Crippen molar-refractivity contribution in [1.29, 1.82) is 0 Å². The number of piperidine rings is 1. The predicted molar refractivity (Wildman–Crippen MR) is 110 cm³/mol. The van der Waals surface area contributed by atoms with Crippen LogP contribution in [0, 0.1) is 0 Å². The van der Waals surface area contributed by atoms with Crippen LogP contribution in [-0.4, -0.2) is 35.6 Å². The number of aliphatic hydroxyl groups is 1. The van der Waals surface area contributed by atoms with Gasteiger partial charge >= 0.3 is 6.18 Å². The van der Waals surface area contributed by atoms with Crippen LogP contribution >= 0.6 is 0 Å². The highest BCUT2D eigenvalue weighted by atomic mass is 19.4. The third kappa shape index (κ3) is 4.82. The monoisotopic (exact) mass is 433 g/mol. The first kappa shape index (κ1) is 21.2. The molecule has 6 nitrogen and oxygen atoms in total. The number of amides is 2. The predicted octanol–water partition coefficient (Wildman–Crippen LogP) is 3.56. The number of benzene rings is 2. The van der Waals surface area contributed by atoms with Crippen molar-refractivity contribution in [2.45, 2.75) is 37.5 Å². The van der Waals surface area contributed by atoms with Crippen LogP contribution in [0.25, 0.3) is 0 Å². The first-order valence-electron chi connectivity index (χ1n) is 9.99. The summed E-state index contributed by atoms with van der Waals surface area (Å²) in [5, 5.41) is 16.3. The van der Waals surface area contributed by atoms with Gasteiger partial charge in [-0.25, -0.2) is 0 Å². The maximum absolute atomic E-state index is 12.7. The molecule has 0 spiro atoms. The number of nitrogens with zero attached hydrogens (tertiary/aromatic N) is 1. The van der Waals surface area contributed by atoms with E-state index in [1.54, 1.807) is 18.2 Å². The van der Waals surface area contributed by atoms with E-state index in [2.05, 4.69) is 10.6 Å². The Morgan fingerprint density at radius 1 is 1.13 bits per heavy atom. The van der Waals surface area contributed by atoms with Crippen LogP contribution in [0.5, 0.6) is 0 Å². The third-order valence-electron chi connectivity index (χ3n) is 5.76. The summed E-state index contributed by atoms with van der Waals surface area (Å²) in [4.78, 5) is 25.8. The number of carbonyl (C=O) groups is 2. The molecular formula is C22H22F3N3O3. The fraction of sp³-hybridized carbons (Fsp3) is 0.364. The molecule has 1 saturated heterocycles. The van der Waals surface area contributed by atoms with Gasteiger partial charge in [-0.1, -0.05) is 6.07 Å². The molecule has 0 unspecified atom stereocenters. The molecule has 4 rings (SSSR count). The molecule has 0 atom stereocenters. The lowest BCUT2D eigenvalue weighted by atomic mass is 9.87. The van der Waals surface area contributed by atoms with Gasteiger partial charge in [0.15, 0.2) is 0 Å². The van der Waals surface area contributed by atoms with Crippen molar-refractivity contribution in [3.63, 3.8) is 0 Å². The van der Waals surface area contributed by atoms with Gasteiger partial charge in [0.2, 0.25) is 11.8 Å². The molecule has 2 aromatic rings. The van der Waals surface area contributed by atoms with Gasteiger partial charge in [0.1, 0.15) is 0 Å². The Kier molecular flexibility index (Phi) is 5.38. The second-order valence-electron chi connectivity index (χ2n) is 8.08. The Labute approximate surface area is 177 Å². The zero-order chi connectivity index (χ0) is 22.2. The summed E-state index contributed by atoms with van der Waals surface area (Å²) < 4.78 is 38.2. The minimum Gasteiger partial charge on any atom is -0.389 e. The SMILES string of the molecule is O=C(CC1(O)CCN(c2ccc(C(F)(F)F)cc2)CC1)Nc1ccc2c(c1)NC(=O)C2. The molecule has 9 heteroatoms. The van der Waals surface area contributed by atoms with Crippen molar-refractivity contribution in [1.82, 2.24) is 0 Å². The van der Waals surface area contributed by atoms with Crippen LogP contribution < -0.4 is 15.5 Å². The van der Waals surface area contributed by atoms with Gasteiger partial charge in [0, 0.05) is 30.2 Å². The fourth-order valence-corrected chi connectivity index (χ4v) is 4.02. The van der Waals surface area contributed by atoms with E-state index in [9.17, 15) is 27.9 Å². The normalized spacial score (nSPS) is 17.8. The highest BCUT2D eigenvalue weighted by Gasteiger charge is 2.35.